The molecule has 3 rings (SSSR count). The highest BCUT2D eigenvalue weighted by Gasteiger charge is 2.18. The average molecular weight is 361 g/mol. The standard InChI is InChI=1S/C19H27N3O4/c23-18(10-16-13-25-8-6-20-16)21-11-14-3-1-4-15(9-14)19(24)22-12-17-5-2-7-26-17/h1,3-4,9,16-17,20H,2,5-8,10-13H2,(H,21,23)(H,22,24). The van der Waals surface area contributed by atoms with Crippen molar-refractivity contribution >= 4 is 11.8 Å². The fourth-order valence-corrected chi connectivity index (χ4v) is 3.18. The lowest BCUT2D eigenvalue weighted by molar-refractivity contribution is -0.122. The van der Waals surface area contributed by atoms with E-state index in [-0.39, 0.29) is 24.0 Å². The highest BCUT2D eigenvalue weighted by molar-refractivity contribution is 5.94. The normalized spacial score (nSPS) is 22.8. The number of nitrogens with one attached hydrogen (secondary N) is 3. The number of rotatable bonds is 7. The zero-order chi connectivity index (χ0) is 18.2. The van der Waals surface area contributed by atoms with Crippen LogP contribution >= 0.6 is 0 Å². The van der Waals surface area contributed by atoms with Crippen LogP contribution in [0.25, 0.3) is 0 Å². The second kappa shape index (κ2) is 9.66. The lowest BCUT2D eigenvalue weighted by Gasteiger charge is -2.23. The van der Waals surface area contributed by atoms with Crippen LogP contribution < -0.4 is 16.0 Å². The Balaban J connectivity index is 1.43. The maximum Gasteiger partial charge on any atom is 0.251 e. The first-order valence-corrected chi connectivity index (χ1v) is 9.27. The fraction of sp³-hybridized carbons (Fsp3) is 0.579. The maximum atomic E-state index is 12.3. The molecular formula is C19H27N3O4. The number of benzene rings is 1. The van der Waals surface area contributed by atoms with Crippen LogP contribution in [-0.4, -0.2) is 56.9 Å². The van der Waals surface area contributed by atoms with E-state index in [9.17, 15) is 9.59 Å². The van der Waals surface area contributed by atoms with E-state index in [1.807, 2.05) is 18.2 Å². The highest BCUT2D eigenvalue weighted by Crippen LogP contribution is 2.11. The Morgan fingerprint density at radius 1 is 1.23 bits per heavy atom. The first-order chi connectivity index (χ1) is 12.7. The molecule has 142 valence electrons. The van der Waals surface area contributed by atoms with Crippen LogP contribution in [0.15, 0.2) is 24.3 Å². The first kappa shape index (κ1) is 18.8. The van der Waals surface area contributed by atoms with E-state index >= 15 is 0 Å². The van der Waals surface area contributed by atoms with E-state index in [0.29, 0.717) is 38.3 Å². The van der Waals surface area contributed by atoms with Crippen molar-refractivity contribution < 1.29 is 19.1 Å². The fourth-order valence-electron chi connectivity index (χ4n) is 3.18. The van der Waals surface area contributed by atoms with Crippen LogP contribution in [0, 0.1) is 0 Å². The molecule has 7 nitrogen and oxygen atoms in total. The molecule has 0 saturated carbocycles. The van der Waals surface area contributed by atoms with Crippen LogP contribution in [-0.2, 0) is 20.8 Å². The molecule has 2 heterocycles. The Morgan fingerprint density at radius 2 is 2.15 bits per heavy atom. The Hall–Kier alpha value is -1.96. The van der Waals surface area contributed by atoms with Gasteiger partial charge in [-0.1, -0.05) is 12.1 Å². The molecule has 7 heteroatoms. The van der Waals surface area contributed by atoms with Crippen molar-refractivity contribution in [1.29, 1.82) is 0 Å². The van der Waals surface area contributed by atoms with Gasteiger partial charge in [0, 0.05) is 44.3 Å². The van der Waals surface area contributed by atoms with Gasteiger partial charge in [0.2, 0.25) is 5.91 Å². The summed E-state index contributed by atoms with van der Waals surface area (Å²) in [6, 6.07) is 7.39. The summed E-state index contributed by atoms with van der Waals surface area (Å²) in [6.07, 6.45) is 2.56. The Morgan fingerprint density at radius 3 is 2.92 bits per heavy atom. The van der Waals surface area contributed by atoms with Gasteiger partial charge in [-0.3, -0.25) is 9.59 Å². The monoisotopic (exact) mass is 361 g/mol. The second-order valence-corrected chi connectivity index (χ2v) is 6.75. The Bertz CT molecular complexity index is 611. The van der Waals surface area contributed by atoms with E-state index < -0.39 is 0 Å². The van der Waals surface area contributed by atoms with Crippen molar-refractivity contribution in [3.05, 3.63) is 35.4 Å². The minimum atomic E-state index is -0.114. The van der Waals surface area contributed by atoms with E-state index in [1.165, 1.54) is 0 Å². The molecule has 26 heavy (non-hydrogen) atoms. The van der Waals surface area contributed by atoms with Gasteiger partial charge in [-0.2, -0.15) is 0 Å². The third-order valence-electron chi connectivity index (χ3n) is 4.62. The quantitative estimate of drug-likeness (QED) is 0.662. The number of amides is 2. The topological polar surface area (TPSA) is 88.7 Å². The molecule has 0 spiro atoms. The molecule has 2 saturated heterocycles. The molecule has 2 amide bonds. The highest BCUT2D eigenvalue weighted by atomic mass is 16.5. The largest absolute Gasteiger partial charge is 0.378 e. The minimum absolute atomic E-state index is 0.0266. The third kappa shape index (κ3) is 5.79. The molecule has 1 aromatic carbocycles. The third-order valence-corrected chi connectivity index (χ3v) is 4.62. The number of hydrogen-bond acceptors (Lipinski definition) is 5. The lowest BCUT2D eigenvalue weighted by atomic mass is 10.1. The van der Waals surface area contributed by atoms with Crippen LogP contribution in [0.1, 0.15) is 35.2 Å². The summed E-state index contributed by atoms with van der Waals surface area (Å²) in [5, 5.41) is 9.08. The van der Waals surface area contributed by atoms with Crippen molar-refractivity contribution in [3.8, 4) is 0 Å². The second-order valence-electron chi connectivity index (χ2n) is 6.75. The first-order valence-electron chi connectivity index (χ1n) is 9.27. The van der Waals surface area contributed by atoms with Crippen LogP contribution in [0.5, 0.6) is 0 Å². The smallest absolute Gasteiger partial charge is 0.251 e. The zero-order valence-corrected chi connectivity index (χ0v) is 15.0. The zero-order valence-electron chi connectivity index (χ0n) is 15.0. The number of ether oxygens (including phenoxy) is 2. The number of carbonyl (C=O) groups excluding carboxylic acids is 2. The number of carbonyl (C=O) groups is 2. The summed E-state index contributed by atoms with van der Waals surface area (Å²) in [5.74, 6) is -0.140. The molecule has 2 fully saturated rings. The van der Waals surface area contributed by atoms with E-state index in [4.69, 9.17) is 9.47 Å². The molecule has 0 bridgehead atoms. The summed E-state index contributed by atoms with van der Waals surface area (Å²) in [4.78, 5) is 24.3. The van der Waals surface area contributed by atoms with Crippen LogP contribution in [0.2, 0.25) is 0 Å². The molecule has 0 aromatic heterocycles. The van der Waals surface area contributed by atoms with Gasteiger partial charge in [0.25, 0.3) is 5.91 Å². The minimum Gasteiger partial charge on any atom is -0.378 e. The molecule has 1 aromatic rings. The van der Waals surface area contributed by atoms with Crippen molar-refractivity contribution in [1.82, 2.24) is 16.0 Å². The summed E-state index contributed by atoms with van der Waals surface area (Å²) in [6.45, 7) is 3.75. The van der Waals surface area contributed by atoms with Gasteiger partial charge in [-0.05, 0) is 30.5 Å². The molecule has 0 radical (unpaired) electrons. The van der Waals surface area contributed by atoms with Gasteiger partial charge in [0.05, 0.1) is 19.3 Å². The maximum absolute atomic E-state index is 12.3. The van der Waals surface area contributed by atoms with Crippen LogP contribution in [0.3, 0.4) is 0 Å². The lowest BCUT2D eigenvalue weighted by Crippen LogP contribution is -2.44. The van der Waals surface area contributed by atoms with E-state index in [2.05, 4.69) is 16.0 Å². The van der Waals surface area contributed by atoms with Crippen molar-refractivity contribution in [2.45, 2.75) is 38.0 Å². The van der Waals surface area contributed by atoms with E-state index in [1.54, 1.807) is 6.07 Å². The van der Waals surface area contributed by atoms with Crippen molar-refractivity contribution in [2.75, 3.05) is 32.9 Å². The van der Waals surface area contributed by atoms with Gasteiger partial charge in [0.1, 0.15) is 0 Å². The summed E-state index contributed by atoms with van der Waals surface area (Å²) < 4.78 is 10.9. The van der Waals surface area contributed by atoms with Gasteiger partial charge in [0.15, 0.2) is 0 Å². The molecule has 0 aliphatic carbocycles. The molecule has 2 atom stereocenters. The van der Waals surface area contributed by atoms with Gasteiger partial charge in [-0.25, -0.2) is 0 Å². The molecule has 2 aliphatic heterocycles. The van der Waals surface area contributed by atoms with Gasteiger partial charge >= 0.3 is 0 Å². The van der Waals surface area contributed by atoms with Crippen LogP contribution in [0.4, 0.5) is 0 Å². The average Bonchev–Trinajstić information content (AvgIpc) is 3.19. The van der Waals surface area contributed by atoms with E-state index in [0.717, 1.165) is 31.6 Å². The molecule has 2 aliphatic rings. The summed E-state index contributed by atoms with van der Waals surface area (Å²) in [5.41, 5.74) is 1.49. The predicted octanol–water partition coefficient (Wildman–Crippen LogP) is 0.590. The van der Waals surface area contributed by atoms with Crippen molar-refractivity contribution in [2.24, 2.45) is 0 Å². The van der Waals surface area contributed by atoms with Gasteiger partial charge < -0.3 is 25.4 Å². The Labute approximate surface area is 153 Å². The number of morpholine rings is 1. The Kier molecular flexibility index (Phi) is 6.99. The summed E-state index contributed by atoms with van der Waals surface area (Å²) >= 11 is 0. The van der Waals surface area contributed by atoms with Crippen molar-refractivity contribution in [3.63, 3.8) is 0 Å². The summed E-state index contributed by atoms with van der Waals surface area (Å²) in [7, 11) is 0. The number of hydrogen-bond donors (Lipinski definition) is 3. The predicted molar refractivity (Wildman–Crippen MR) is 96.8 cm³/mol. The molecular weight excluding hydrogens is 334 g/mol. The molecule has 2 unspecified atom stereocenters. The SMILES string of the molecule is O=C(CC1COCCN1)NCc1cccc(C(=O)NCC2CCCO2)c1. The molecule has 3 N–H and O–H groups in total. The van der Waals surface area contributed by atoms with Gasteiger partial charge in [-0.15, -0.1) is 0 Å².